The molecule has 0 radical (unpaired) electrons. The third-order valence-corrected chi connectivity index (χ3v) is 4.45. The fraction of sp³-hybridized carbons (Fsp3) is 0.136. The monoisotopic (exact) mass is 394 g/mol. The number of hydrogen-bond donors (Lipinski definition) is 1. The van der Waals surface area contributed by atoms with Gasteiger partial charge < -0.3 is 10.1 Å². The van der Waals surface area contributed by atoms with Crippen molar-refractivity contribution >= 4 is 17.2 Å². The maximum Gasteiger partial charge on any atom is 0.269 e. The number of anilines is 1. The number of benzene rings is 3. The van der Waals surface area contributed by atoms with Gasteiger partial charge in [0.15, 0.2) is 5.78 Å². The van der Waals surface area contributed by atoms with Crippen molar-refractivity contribution in [3.05, 3.63) is 99.9 Å². The molecule has 0 amide bonds. The number of nitrogens with zero attached hydrogens (tertiary/aromatic N) is 1. The maximum absolute atomic E-state index is 13.5. The van der Waals surface area contributed by atoms with Crippen molar-refractivity contribution in [2.45, 2.75) is 12.5 Å². The smallest absolute Gasteiger partial charge is 0.269 e. The molecule has 0 spiro atoms. The van der Waals surface area contributed by atoms with Crippen LogP contribution < -0.4 is 10.1 Å². The summed E-state index contributed by atoms with van der Waals surface area (Å²) >= 11 is 0. The van der Waals surface area contributed by atoms with E-state index in [9.17, 15) is 19.3 Å². The third-order valence-electron chi connectivity index (χ3n) is 4.45. The second-order valence-electron chi connectivity index (χ2n) is 6.42. The number of nitro benzene ring substituents is 1. The molecule has 0 saturated heterocycles. The Kier molecular flexibility index (Phi) is 6.19. The first-order valence-corrected chi connectivity index (χ1v) is 8.90. The molecule has 7 heteroatoms. The van der Waals surface area contributed by atoms with Crippen LogP contribution in [0.4, 0.5) is 15.8 Å². The summed E-state index contributed by atoms with van der Waals surface area (Å²) in [5, 5.41) is 14.1. The van der Waals surface area contributed by atoms with Gasteiger partial charge in [-0.15, -0.1) is 0 Å². The van der Waals surface area contributed by atoms with Crippen molar-refractivity contribution in [1.82, 2.24) is 0 Å². The summed E-state index contributed by atoms with van der Waals surface area (Å²) in [6.07, 6.45) is 0.0631. The summed E-state index contributed by atoms with van der Waals surface area (Å²) < 4.78 is 18.8. The van der Waals surface area contributed by atoms with Gasteiger partial charge >= 0.3 is 0 Å². The lowest BCUT2D eigenvalue weighted by Gasteiger charge is -2.20. The number of non-ortho nitro benzene ring substituents is 1. The third kappa shape index (κ3) is 5.16. The van der Waals surface area contributed by atoms with Gasteiger partial charge in [0.1, 0.15) is 11.6 Å². The molecule has 0 aliphatic rings. The molecule has 29 heavy (non-hydrogen) atoms. The molecule has 3 aromatic carbocycles. The lowest BCUT2D eigenvalue weighted by atomic mass is 9.97. The number of rotatable bonds is 8. The van der Waals surface area contributed by atoms with Crippen LogP contribution in [-0.4, -0.2) is 17.8 Å². The highest BCUT2D eigenvalue weighted by Crippen LogP contribution is 2.28. The number of halogens is 1. The zero-order chi connectivity index (χ0) is 20.8. The molecular weight excluding hydrogens is 375 g/mol. The predicted octanol–water partition coefficient (Wildman–Crippen LogP) is 5.17. The van der Waals surface area contributed by atoms with Crippen molar-refractivity contribution in [2.24, 2.45) is 0 Å². The van der Waals surface area contributed by atoms with E-state index in [1.54, 1.807) is 31.4 Å². The Labute approximate surface area is 167 Å². The van der Waals surface area contributed by atoms with E-state index >= 15 is 0 Å². The van der Waals surface area contributed by atoms with Crippen LogP contribution in [0.5, 0.6) is 5.75 Å². The van der Waals surface area contributed by atoms with Gasteiger partial charge in [-0.3, -0.25) is 14.9 Å². The van der Waals surface area contributed by atoms with Gasteiger partial charge in [0.25, 0.3) is 5.69 Å². The minimum absolute atomic E-state index is 0.0238. The molecule has 3 aromatic rings. The largest absolute Gasteiger partial charge is 0.497 e. The number of carbonyl (C=O) groups is 1. The molecule has 1 atom stereocenters. The molecule has 6 nitrogen and oxygen atoms in total. The summed E-state index contributed by atoms with van der Waals surface area (Å²) in [4.78, 5) is 23.1. The summed E-state index contributed by atoms with van der Waals surface area (Å²) in [6, 6.07) is 18.3. The van der Waals surface area contributed by atoms with E-state index in [0.717, 1.165) is 5.56 Å². The van der Waals surface area contributed by atoms with Crippen molar-refractivity contribution in [1.29, 1.82) is 0 Å². The van der Waals surface area contributed by atoms with Crippen LogP contribution in [0, 0.1) is 15.9 Å². The molecule has 0 fully saturated rings. The van der Waals surface area contributed by atoms with Crippen molar-refractivity contribution in [2.75, 3.05) is 12.4 Å². The van der Waals surface area contributed by atoms with Crippen molar-refractivity contribution < 1.29 is 18.8 Å². The van der Waals surface area contributed by atoms with E-state index in [4.69, 9.17) is 4.74 Å². The highest BCUT2D eigenvalue weighted by atomic mass is 19.1. The van der Waals surface area contributed by atoms with E-state index in [1.165, 1.54) is 30.3 Å². The highest BCUT2D eigenvalue weighted by Gasteiger charge is 2.19. The standard InChI is InChI=1S/C22H19FN2O4/c1-29-20-7-3-4-15(13-20)21(14-22(26)16-5-2-6-17(23)12-16)24-18-8-10-19(11-9-18)25(27)28/h2-13,21,24H,14H2,1H3. The van der Waals surface area contributed by atoms with Crippen LogP contribution in [0.25, 0.3) is 0 Å². The molecule has 1 N–H and O–H groups in total. The average Bonchev–Trinajstić information content (AvgIpc) is 2.73. The quantitative estimate of drug-likeness (QED) is 0.324. The van der Waals surface area contributed by atoms with Gasteiger partial charge in [-0.2, -0.15) is 0 Å². The number of ketones is 1. The van der Waals surface area contributed by atoms with Crippen LogP contribution in [0.1, 0.15) is 28.4 Å². The molecule has 0 bridgehead atoms. The molecule has 3 rings (SSSR count). The van der Waals surface area contributed by atoms with E-state index in [2.05, 4.69) is 5.32 Å². The van der Waals surface area contributed by atoms with E-state index in [-0.39, 0.29) is 23.5 Å². The maximum atomic E-state index is 13.5. The Bertz CT molecular complexity index is 1020. The predicted molar refractivity (Wildman–Crippen MR) is 108 cm³/mol. The lowest BCUT2D eigenvalue weighted by molar-refractivity contribution is -0.384. The van der Waals surface area contributed by atoms with Crippen LogP contribution in [0.15, 0.2) is 72.8 Å². The van der Waals surface area contributed by atoms with Gasteiger partial charge in [0.2, 0.25) is 0 Å². The number of hydrogen-bond acceptors (Lipinski definition) is 5. The number of carbonyl (C=O) groups excluding carboxylic acids is 1. The van der Waals surface area contributed by atoms with E-state index in [1.807, 2.05) is 18.2 Å². The zero-order valence-corrected chi connectivity index (χ0v) is 15.7. The summed E-state index contributed by atoms with van der Waals surface area (Å²) in [7, 11) is 1.55. The number of methoxy groups -OCH3 is 1. The van der Waals surface area contributed by atoms with Gasteiger partial charge in [0, 0.05) is 29.8 Å². The summed E-state index contributed by atoms with van der Waals surface area (Å²) in [5.74, 6) is -0.0694. The van der Waals surface area contributed by atoms with Crippen molar-refractivity contribution in [3.8, 4) is 5.75 Å². The second-order valence-corrected chi connectivity index (χ2v) is 6.42. The number of nitrogens with one attached hydrogen (secondary N) is 1. The van der Waals surface area contributed by atoms with Crippen molar-refractivity contribution in [3.63, 3.8) is 0 Å². The van der Waals surface area contributed by atoms with Gasteiger partial charge in [-0.25, -0.2) is 4.39 Å². The minimum Gasteiger partial charge on any atom is -0.497 e. The Morgan fingerprint density at radius 1 is 1.10 bits per heavy atom. The van der Waals surface area contributed by atoms with Crippen LogP contribution in [0.3, 0.4) is 0 Å². The Morgan fingerprint density at radius 2 is 1.83 bits per heavy atom. The second kappa shape index (κ2) is 8.97. The van der Waals surface area contributed by atoms with Crippen LogP contribution in [-0.2, 0) is 0 Å². The molecule has 1 unspecified atom stereocenters. The lowest BCUT2D eigenvalue weighted by Crippen LogP contribution is -2.16. The van der Waals surface area contributed by atoms with Gasteiger partial charge in [-0.05, 0) is 42.0 Å². The number of ether oxygens (including phenoxy) is 1. The molecule has 0 aliphatic carbocycles. The van der Waals surface area contributed by atoms with Crippen LogP contribution >= 0.6 is 0 Å². The SMILES string of the molecule is COc1cccc(C(CC(=O)c2cccc(F)c2)Nc2ccc([N+](=O)[O-])cc2)c1. The molecule has 0 aromatic heterocycles. The van der Waals surface area contributed by atoms with E-state index < -0.39 is 16.8 Å². The first-order chi connectivity index (χ1) is 14.0. The van der Waals surface area contributed by atoms with E-state index in [0.29, 0.717) is 11.4 Å². The summed E-state index contributed by atoms with van der Waals surface area (Å²) in [6.45, 7) is 0. The average molecular weight is 394 g/mol. The molecule has 0 heterocycles. The minimum atomic E-state index is -0.475. The highest BCUT2D eigenvalue weighted by molar-refractivity contribution is 5.96. The van der Waals surface area contributed by atoms with Gasteiger partial charge in [0.05, 0.1) is 18.1 Å². The summed E-state index contributed by atoms with van der Waals surface area (Å²) in [5.41, 5.74) is 1.68. The molecular formula is C22H19FN2O4. The van der Waals surface area contributed by atoms with Gasteiger partial charge in [-0.1, -0.05) is 24.3 Å². The topological polar surface area (TPSA) is 81.5 Å². The number of nitro groups is 1. The first-order valence-electron chi connectivity index (χ1n) is 8.90. The first kappa shape index (κ1) is 20.0. The Morgan fingerprint density at radius 3 is 2.48 bits per heavy atom. The Balaban J connectivity index is 1.88. The molecule has 0 aliphatic heterocycles. The number of Topliss-reactive ketones (excluding diaryl/α,β-unsaturated/α-hetero) is 1. The normalized spacial score (nSPS) is 11.5. The fourth-order valence-corrected chi connectivity index (χ4v) is 2.96. The Hall–Kier alpha value is -3.74. The zero-order valence-electron chi connectivity index (χ0n) is 15.7. The van der Waals surface area contributed by atoms with Crippen LogP contribution in [0.2, 0.25) is 0 Å². The molecule has 0 saturated carbocycles. The fourth-order valence-electron chi connectivity index (χ4n) is 2.96. The molecule has 148 valence electrons.